The van der Waals surface area contributed by atoms with Crippen molar-refractivity contribution >= 4 is 23.2 Å². The minimum Gasteiger partial charge on any atom is -0.481 e. The topological polar surface area (TPSA) is 75.6 Å². The summed E-state index contributed by atoms with van der Waals surface area (Å²) in [5.41, 5.74) is -0.681. The van der Waals surface area contributed by atoms with E-state index >= 15 is 0 Å². The number of rotatable bonds is 4. The van der Waals surface area contributed by atoms with Gasteiger partial charge in [0.05, 0.1) is 16.8 Å². The Balaban J connectivity index is 2.11. The minimum absolute atomic E-state index is 0.0630. The van der Waals surface area contributed by atoms with Gasteiger partial charge in [-0.2, -0.15) is 0 Å². The number of carboxylic acid groups (broad SMARTS) is 1. The van der Waals surface area contributed by atoms with E-state index in [4.69, 9.17) is 9.84 Å². The number of hydrogen-bond acceptors (Lipinski definition) is 4. The van der Waals surface area contributed by atoms with Gasteiger partial charge in [-0.05, 0) is 31.9 Å². The Morgan fingerprint density at radius 2 is 2.11 bits per heavy atom. The lowest BCUT2D eigenvalue weighted by molar-refractivity contribution is -0.139. The fourth-order valence-electron chi connectivity index (χ4n) is 2.26. The van der Waals surface area contributed by atoms with Crippen molar-refractivity contribution in [1.82, 2.24) is 5.32 Å². The van der Waals surface area contributed by atoms with E-state index in [0.29, 0.717) is 30.9 Å². The molecule has 1 fully saturated rings. The molecule has 0 bridgehead atoms. The molecular formula is C13H17NO4S. The lowest BCUT2D eigenvalue weighted by Gasteiger charge is -2.36. The van der Waals surface area contributed by atoms with Crippen LogP contribution in [0.25, 0.3) is 0 Å². The molecule has 1 aliphatic heterocycles. The predicted molar refractivity (Wildman–Crippen MR) is 71.6 cm³/mol. The lowest BCUT2D eigenvalue weighted by atomic mass is 9.86. The van der Waals surface area contributed by atoms with Crippen molar-refractivity contribution in [3.05, 3.63) is 21.9 Å². The van der Waals surface area contributed by atoms with Crippen LogP contribution in [0.2, 0.25) is 0 Å². The number of aryl methyl sites for hydroxylation is 1. The van der Waals surface area contributed by atoms with Gasteiger partial charge in [0.2, 0.25) is 0 Å². The van der Waals surface area contributed by atoms with Crippen LogP contribution in [0.1, 0.15) is 33.8 Å². The zero-order valence-electron chi connectivity index (χ0n) is 10.8. The predicted octanol–water partition coefficient (Wildman–Crippen LogP) is 1.81. The standard InChI is InChI=1S/C13H17NO4S/c1-9-2-3-10(19-9)12(17)14-13(8-11(15)16)4-6-18-7-5-13/h2-3H,4-8H2,1H3,(H,14,17)(H,15,16). The molecule has 5 nitrogen and oxygen atoms in total. The Hall–Kier alpha value is -1.40. The van der Waals surface area contributed by atoms with Crippen molar-refractivity contribution in [3.8, 4) is 0 Å². The number of nitrogens with one attached hydrogen (secondary N) is 1. The zero-order valence-corrected chi connectivity index (χ0v) is 11.6. The molecule has 0 aromatic carbocycles. The number of amides is 1. The van der Waals surface area contributed by atoms with Gasteiger partial charge >= 0.3 is 5.97 Å². The third kappa shape index (κ3) is 3.54. The average Bonchev–Trinajstić information content (AvgIpc) is 2.76. The summed E-state index contributed by atoms with van der Waals surface area (Å²) in [6.45, 7) is 2.90. The first-order chi connectivity index (χ1) is 9.01. The largest absolute Gasteiger partial charge is 0.481 e. The maximum atomic E-state index is 12.2. The molecular weight excluding hydrogens is 266 g/mol. The van der Waals surface area contributed by atoms with E-state index in [0.717, 1.165) is 4.88 Å². The summed E-state index contributed by atoms with van der Waals surface area (Å²) < 4.78 is 5.26. The van der Waals surface area contributed by atoms with Gasteiger partial charge in [0.1, 0.15) is 0 Å². The highest BCUT2D eigenvalue weighted by atomic mass is 32.1. The normalized spacial score (nSPS) is 17.9. The molecule has 2 heterocycles. The first kappa shape index (κ1) is 14.0. The molecule has 0 aliphatic carbocycles. The summed E-state index contributed by atoms with van der Waals surface area (Å²) in [6, 6.07) is 3.65. The van der Waals surface area contributed by atoms with Crippen LogP contribution in [0, 0.1) is 6.92 Å². The van der Waals surface area contributed by atoms with E-state index in [1.54, 1.807) is 6.07 Å². The number of carbonyl (C=O) groups excluding carboxylic acids is 1. The second kappa shape index (κ2) is 5.71. The molecule has 0 spiro atoms. The van der Waals surface area contributed by atoms with Gasteiger partial charge in [-0.1, -0.05) is 0 Å². The number of carboxylic acids is 1. The summed E-state index contributed by atoms with van der Waals surface area (Å²) in [5, 5.41) is 11.9. The van der Waals surface area contributed by atoms with Gasteiger partial charge in [-0.15, -0.1) is 11.3 Å². The monoisotopic (exact) mass is 283 g/mol. The van der Waals surface area contributed by atoms with Crippen LogP contribution in [0.3, 0.4) is 0 Å². The smallest absolute Gasteiger partial charge is 0.305 e. The van der Waals surface area contributed by atoms with Crippen LogP contribution in [-0.2, 0) is 9.53 Å². The third-order valence-corrected chi connectivity index (χ3v) is 4.28. The van der Waals surface area contributed by atoms with Crippen molar-refractivity contribution in [3.63, 3.8) is 0 Å². The molecule has 19 heavy (non-hydrogen) atoms. The first-order valence-electron chi connectivity index (χ1n) is 6.19. The van der Waals surface area contributed by atoms with Gasteiger partial charge in [-0.25, -0.2) is 0 Å². The number of hydrogen-bond donors (Lipinski definition) is 2. The molecule has 1 aliphatic rings. The summed E-state index contributed by atoms with van der Waals surface area (Å²) >= 11 is 1.41. The molecule has 0 unspecified atom stereocenters. The number of ether oxygens (including phenoxy) is 1. The molecule has 2 N–H and O–H groups in total. The highest BCUT2D eigenvalue weighted by molar-refractivity contribution is 7.13. The van der Waals surface area contributed by atoms with Crippen molar-refractivity contribution in [2.24, 2.45) is 0 Å². The molecule has 0 radical (unpaired) electrons. The van der Waals surface area contributed by atoms with E-state index < -0.39 is 11.5 Å². The third-order valence-electron chi connectivity index (χ3n) is 3.28. The van der Waals surface area contributed by atoms with Crippen LogP contribution in [0.5, 0.6) is 0 Å². The molecule has 1 saturated heterocycles. The molecule has 6 heteroatoms. The Morgan fingerprint density at radius 1 is 1.42 bits per heavy atom. The maximum absolute atomic E-state index is 12.2. The zero-order chi connectivity index (χ0) is 13.9. The Bertz CT molecular complexity index is 477. The highest BCUT2D eigenvalue weighted by Crippen LogP contribution is 2.26. The molecule has 0 saturated carbocycles. The molecule has 104 valence electrons. The quantitative estimate of drug-likeness (QED) is 0.883. The Morgan fingerprint density at radius 3 is 2.63 bits per heavy atom. The fourth-order valence-corrected chi connectivity index (χ4v) is 3.02. The molecule has 1 aromatic rings. The maximum Gasteiger partial charge on any atom is 0.305 e. The van der Waals surface area contributed by atoms with Crippen molar-refractivity contribution in [1.29, 1.82) is 0 Å². The van der Waals surface area contributed by atoms with Gasteiger partial charge in [0.25, 0.3) is 5.91 Å². The fraction of sp³-hybridized carbons (Fsp3) is 0.538. The Labute approximate surface area is 115 Å². The van der Waals surface area contributed by atoms with Crippen LogP contribution in [-0.4, -0.2) is 35.7 Å². The van der Waals surface area contributed by atoms with Gasteiger partial charge in [-0.3, -0.25) is 9.59 Å². The summed E-state index contributed by atoms with van der Waals surface area (Å²) in [7, 11) is 0. The summed E-state index contributed by atoms with van der Waals surface area (Å²) in [4.78, 5) is 24.9. The van der Waals surface area contributed by atoms with E-state index in [2.05, 4.69) is 5.32 Å². The molecule has 1 amide bonds. The lowest BCUT2D eigenvalue weighted by Crippen LogP contribution is -2.53. The minimum atomic E-state index is -0.899. The molecule has 2 rings (SSSR count). The van der Waals surface area contributed by atoms with Crippen LogP contribution in [0.4, 0.5) is 0 Å². The van der Waals surface area contributed by atoms with Crippen molar-refractivity contribution in [2.45, 2.75) is 31.7 Å². The number of thiophene rings is 1. The van der Waals surface area contributed by atoms with Crippen LogP contribution in [0.15, 0.2) is 12.1 Å². The van der Waals surface area contributed by atoms with E-state index in [9.17, 15) is 9.59 Å². The van der Waals surface area contributed by atoms with E-state index in [-0.39, 0.29) is 12.3 Å². The van der Waals surface area contributed by atoms with Crippen LogP contribution >= 0.6 is 11.3 Å². The second-order valence-corrected chi connectivity index (χ2v) is 6.12. The van der Waals surface area contributed by atoms with Crippen molar-refractivity contribution in [2.75, 3.05) is 13.2 Å². The second-order valence-electron chi connectivity index (χ2n) is 4.83. The van der Waals surface area contributed by atoms with Crippen LogP contribution < -0.4 is 5.32 Å². The van der Waals surface area contributed by atoms with Gasteiger partial charge in [0.15, 0.2) is 0 Å². The van der Waals surface area contributed by atoms with E-state index in [1.165, 1.54) is 11.3 Å². The van der Waals surface area contributed by atoms with Crippen molar-refractivity contribution < 1.29 is 19.4 Å². The van der Waals surface area contributed by atoms with E-state index in [1.807, 2.05) is 13.0 Å². The summed E-state index contributed by atoms with van der Waals surface area (Å²) in [5.74, 6) is -1.09. The molecule has 1 aromatic heterocycles. The number of carbonyl (C=O) groups is 2. The van der Waals surface area contributed by atoms with Gasteiger partial charge in [0, 0.05) is 18.1 Å². The number of aliphatic carboxylic acids is 1. The average molecular weight is 283 g/mol. The SMILES string of the molecule is Cc1ccc(C(=O)NC2(CC(=O)O)CCOCC2)s1. The first-order valence-corrected chi connectivity index (χ1v) is 7.01. The summed E-state index contributed by atoms with van der Waals surface area (Å²) in [6.07, 6.45) is 1.01. The highest BCUT2D eigenvalue weighted by Gasteiger charge is 2.36. The molecule has 0 atom stereocenters. The van der Waals surface area contributed by atoms with Gasteiger partial charge < -0.3 is 15.2 Å². The Kier molecular flexibility index (Phi) is 4.21.